The lowest BCUT2D eigenvalue weighted by molar-refractivity contribution is -0.119. The van der Waals surface area contributed by atoms with Crippen molar-refractivity contribution < 1.29 is 22.0 Å². The van der Waals surface area contributed by atoms with Gasteiger partial charge in [-0.25, -0.2) is 17.2 Å². The Labute approximate surface area is 145 Å². The molecule has 2 aromatic carbocycles. The van der Waals surface area contributed by atoms with Crippen LogP contribution in [-0.4, -0.2) is 33.7 Å². The number of amides is 1. The van der Waals surface area contributed by atoms with Gasteiger partial charge in [0.1, 0.15) is 6.04 Å². The van der Waals surface area contributed by atoms with Crippen LogP contribution in [0.2, 0.25) is 0 Å². The maximum atomic E-state index is 13.5. The normalized spacial score (nSPS) is 12.5. The van der Waals surface area contributed by atoms with E-state index in [1.165, 1.54) is 18.9 Å². The van der Waals surface area contributed by atoms with Crippen molar-refractivity contribution in [3.8, 4) is 0 Å². The van der Waals surface area contributed by atoms with E-state index in [1.54, 1.807) is 30.3 Å². The molecule has 0 aromatic heterocycles. The highest BCUT2D eigenvalue weighted by molar-refractivity contribution is 7.92. The number of nitrogens with zero attached hydrogens (tertiary/aromatic N) is 2. The monoisotopic (exact) mass is 368 g/mol. The molecule has 2 aromatic rings. The second kappa shape index (κ2) is 7.18. The van der Waals surface area contributed by atoms with E-state index in [0.717, 1.165) is 28.8 Å². The molecule has 0 fully saturated rings. The maximum Gasteiger partial charge on any atom is 0.250 e. The number of carbonyl (C=O) groups excluding carboxylic acids is 1. The minimum absolute atomic E-state index is 0.122. The lowest BCUT2D eigenvalue weighted by Gasteiger charge is -2.31. The molecule has 0 saturated carbocycles. The number of likely N-dealkylation sites (N-methyl/N-ethyl adjacent to an activating group) is 1. The Kier molecular flexibility index (Phi) is 5.42. The first kappa shape index (κ1) is 18.9. The minimum Gasteiger partial charge on any atom is -0.314 e. The zero-order valence-corrected chi connectivity index (χ0v) is 14.8. The highest BCUT2D eigenvalue weighted by Crippen LogP contribution is 2.24. The van der Waals surface area contributed by atoms with Crippen molar-refractivity contribution in [2.75, 3.05) is 22.5 Å². The van der Waals surface area contributed by atoms with Gasteiger partial charge in [0.05, 0.1) is 11.9 Å². The lowest BCUT2D eigenvalue weighted by Crippen LogP contribution is -2.48. The second-order valence-electron chi connectivity index (χ2n) is 5.57. The number of carbonyl (C=O) groups is 1. The van der Waals surface area contributed by atoms with Crippen LogP contribution in [0.25, 0.3) is 0 Å². The molecule has 1 atom stereocenters. The number of rotatable bonds is 5. The Morgan fingerprint density at radius 1 is 1.00 bits per heavy atom. The zero-order valence-electron chi connectivity index (χ0n) is 14.0. The standard InChI is InChI=1S/C17H18F2N2O3S/c1-12(17(22)20(2)13-7-5-4-6-8-13)21(25(3,23)24)14-9-10-15(18)16(19)11-14/h4-12H,1-3H3/t12-/m1/s1. The third kappa shape index (κ3) is 4.14. The van der Waals surface area contributed by atoms with Crippen molar-refractivity contribution >= 4 is 27.3 Å². The number of hydrogen-bond acceptors (Lipinski definition) is 3. The van der Waals surface area contributed by atoms with E-state index in [-0.39, 0.29) is 5.69 Å². The van der Waals surface area contributed by atoms with Gasteiger partial charge < -0.3 is 4.90 Å². The number of sulfonamides is 1. The average Bonchev–Trinajstić information content (AvgIpc) is 2.56. The first-order chi connectivity index (χ1) is 11.6. The fourth-order valence-electron chi connectivity index (χ4n) is 2.48. The van der Waals surface area contributed by atoms with E-state index < -0.39 is 33.6 Å². The van der Waals surface area contributed by atoms with Crippen LogP contribution in [0.15, 0.2) is 48.5 Å². The van der Waals surface area contributed by atoms with Crippen LogP contribution >= 0.6 is 0 Å². The fraction of sp³-hybridized carbons (Fsp3) is 0.235. The molecule has 8 heteroatoms. The summed E-state index contributed by atoms with van der Waals surface area (Å²) in [5.74, 6) is -2.80. The van der Waals surface area contributed by atoms with Gasteiger partial charge in [-0.15, -0.1) is 0 Å². The summed E-state index contributed by atoms with van der Waals surface area (Å²) in [6.07, 6.45) is 0.903. The molecule has 2 rings (SSSR count). The van der Waals surface area contributed by atoms with Crippen molar-refractivity contribution in [2.24, 2.45) is 0 Å². The number of halogens is 2. The van der Waals surface area contributed by atoms with E-state index in [0.29, 0.717) is 5.69 Å². The summed E-state index contributed by atoms with van der Waals surface area (Å²) < 4.78 is 51.8. The van der Waals surface area contributed by atoms with E-state index >= 15 is 0 Å². The molecule has 0 aliphatic heterocycles. The third-order valence-electron chi connectivity index (χ3n) is 3.70. The van der Waals surface area contributed by atoms with Gasteiger partial charge in [0, 0.05) is 18.8 Å². The first-order valence-electron chi connectivity index (χ1n) is 7.40. The third-order valence-corrected chi connectivity index (χ3v) is 4.94. The van der Waals surface area contributed by atoms with Crippen LogP contribution in [0.5, 0.6) is 0 Å². The number of hydrogen-bond donors (Lipinski definition) is 0. The van der Waals surface area contributed by atoms with Gasteiger partial charge in [-0.1, -0.05) is 18.2 Å². The van der Waals surface area contributed by atoms with E-state index in [4.69, 9.17) is 0 Å². The number of benzene rings is 2. The molecule has 0 bridgehead atoms. The van der Waals surface area contributed by atoms with Gasteiger partial charge >= 0.3 is 0 Å². The molecule has 1 amide bonds. The molecule has 0 spiro atoms. The molecule has 0 aliphatic rings. The van der Waals surface area contributed by atoms with Gasteiger partial charge in [0.15, 0.2) is 11.6 Å². The van der Waals surface area contributed by atoms with Gasteiger partial charge in [-0.05, 0) is 31.2 Å². The van der Waals surface area contributed by atoms with Gasteiger partial charge in [-0.3, -0.25) is 9.10 Å². The van der Waals surface area contributed by atoms with Crippen molar-refractivity contribution in [1.29, 1.82) is 0 Å². The van der Waals surface area contributed by atoms with Crippen LogP contribution in [-0.2, 0) is 14.8 Å². The summed E-state index contributed by atoms with van der Waals surface area (Å²) in [4.78, 5) is 14.0. The Morgan fingerprint density at radius 3 is 2.12 bits per heavy atom. The molecule has 5 nitrogen and oxygen atoms in total. The van der Waals surface area contributed by atoms with Crippen LogP contribution in [0.4, 0.5) is 20.2 Å². The molecule has 134 valence electrons. The molecule has 25 heavy (non-hydrogen) atoms. The van der Waals surface area contributed by atoms with Crippen molar-refractivity contribution in [1.82, 2.24) is 0 Å². The smallest absolute Gasteiger partial charge is 0.250 e. The molecule has 0 radical (unpaired) electrons. The average molecular weight is 368 g/mol. The quantitative estimate of drug-likeness (QED) is 0.815. The summed E-state index contributed by atoms with van der Waals surface area (Å²) in [6, 6.07) is 10.2. The lowest BCUT2D eigenvalue weighted by atomic mass is 10.2. The SMILES string of the molecule is C[C@H](C(=O)N(C)c1ccccc1)N(c1ccc(F)c(F)c1)S(C)(=O)=O. The summed E-state index contributed by atoms with van der Waals surface area (Å²) in [5.41, 5.74) is 0.460. The van der Waals surface area contributed by atoms with Gasteiger partial charge in [0.2, 0.25) is 15.9 Å². The van der Waals surface area contributed by atoms with Crippen LogP contribution in [0, 0.1) is 11.6 Å². The highest BCUT2D eigenvalue weighted by Gasteiger charge is 2.31. The molecule has 0 heterocycles. The topological polar surface area (TPSA) is 57.7 Å². The molecule has 0 unspecified atom stereocenters. The Bertz CT molecular complexity index is 873. The molecule has 0 aliphatic carbocycles. The number of anilines is 2. The fourth-order valence-corrected chi connectivity index (χ4v) is 3.64. The minimum atomic E-state index is -3.91. The van der Waals surface area contributed by atoms with Crippen molar-refractivity contribution in [2.45, 2.75) is 13.0 Å². The van der Waals surface area contributed by atoms with E-state index in [2.05, 4.69) is 0 Å². The first-order valence-corrected chi connectivity index (χ1v) is 9.25. The zero-order chi connectivity index (χ0) is 18.8. The molecular formula is C17H18F2N2O3S. The van der Waals surface area contributed by atoms with Crippen molar-refractivity contribution in [3.05, 3.63) is 60.2 Å². The second-order valence-corrected chi connectivity index (χ2v) is 7.43. The summed E-state index contributed by atoms with van der Waals surface area (Å²) in [7, 11) is -2.40. The van der Waals surface area contributed by atoms with Gasteiger partial charge in [0.25, 0.3) is 0 Å². The Morgan fingerprint density at radius 2 is 1.60 bits per heavy atom. The summed E-state index contributed by atoms with van der Waals surface area (Å²) >= 11 is 0. The van der Waals surface area contributed by atoms with Crippen LogP contribution < -0.4 is 9.21 Å². The largest absolute Gasteiger partial charge is 0.314 e. The molecular weight excluding hydrogens is 350 g/mol. The predicted octanol–water partition coefficient (Wildman–Crippen LogP) is 2.78. The van der Waals surface area contributed by atoms with Crippen molar-refractivity contribution in [3.63, 3.8) is 0 Å². The van der Waals surface area contributed by atoms with E-state index in [1.807, 2.05) is 0 Å². The Balaban J connectivity index is 2.41. The summed E-state index contributed by atoms with van der Waals surface area (Å²) in [5, 5.41) is 0. The van der Waals surface area contributed by atoms with Crippen LogP contribution in [0.1, 0.15) is 6.92 Å². The summed E-state index contributed by atoms with van der Waals surface area (Å²) in [6.45, 7) is 1.39. The number of para-hydroxylation sites is 1. The van der Waals surface area contributed by atoms with Gasteiger partial charge in [-0.2, -0.15) is 0 Å². The highest BCUT2D eigenvalue weighted by atomic mass is 32.2. The van der Waals surface area contributed by atoms with Crippen LogP contribution in [0.3, 0.4) is 0 Å². The van der Waals surface area contributed by atoms with E-state index in [9.17, 15) is 22.0 Å². The molecule has 0 saturated heterocycles. The Hall–Kier alpha value is -2.48. The molecule has 0 N–H and O–H groups in total. The predicted molar refractivity (Wildman–Crippen MR) is 93.0 cm³/mol. The maximum absolute atomic E-state index is 13.5.